The van der Waals surface area contributed by atoms with Gasteiger partial charge in [0.25, 0.3) is 11.8 Å². The monoisotopic (exact) mass is 604 g/mol. The van der Waals surface area contributed by atoms with Gasteiger partial charge in [0.15, 0.2) is 15.8 Å². The first kappa shape index (κ1) is 28.4. The van der Waals surface area contributed by atoms with Gasteiger partial charge in [-0.25, -0.2) is 4.39 Å². The maximum absolute atomic E-state index is 13.4. The quantitative estimate of drug-likeness (QED) is 0.164. The molecule has 6 nitrogen and oxygen atoms in total. The number of thioether (sulfide) groups is 1. The zero-order chi connectivity index (χ0) is 28.9. The molecule has 4 aromatic carbocycles. The number of amides is 2. The van der Waals surface area contributed by atoms with Crippen LogP contribution in [0.3, 0.4) is 0 Å². The molecule has 1 aliphatic heterocycles. The zero-order valence-corrected chi connectivity index (χ0v) is 24.0. The molecular formula is C31H22ClFN2O4S2. The van der Waals surface area contributed by atoms with Crippen LogP contribution in [0.25, 0.3) is 6.08 Å². The normalized spacial score (nSPS) is 13.9. The van der Waals surface area contributed by atoms with Crippen molar-refractivity contribution in [3.63, 3.8) is 0 Å². The van der Waals surface area contributed by atoms with Gasteiger partial charge >= 0.3 is 0 Å². The van der Waals surface area contributed by atoms with E-state index in [1.807, 2.05) is 24.3 Å². The summed E-state index contributed by atoms with van der Waals surface area (Å²) in [4.78, 5) is 28.0. The van der Waals surface area contributed by atoms with Crippen molar-refractivity contribution < 1.29 is 23.5 Å². The Kier molecular flexibility index (Phi) is 8.68. The molecule has 4 aromatic rings. The Morgan fingerprint density at radius 2 is 1.80 bits per heavy atom. The molecule has 0 bridgehead atoms. The van der Waals surface area contributed by atoms with Crippen LogP contribution in [0, 0.1) is 5.82 Å². The standard InChI is InChI=1S/C31H22ClFN2O4S2/c1-38-27-15-19(9-14-26(27)39-18-21-5-2-3-8-25(21)32)16-28-30(37)35(31(40)41-28)24-7-4-6-20(17-24)29(36)34-23-12-10-22(33)11-13-23/h2-17H,18H2,1H3,(H,34,36)/b28-16+. The van der Waals surface area contributed by atoms with E-state index in [0.29, 0.717) is 42.7 Å². The second-order valence-corrected chi connectivity index (χ2v) is 10.9. The molecule has 1 aliphatic rings. The fraction of sp³-hybridized carbons (Fsp3) is 0.0645. The van der Waals surface area contributed by atoms with Gasteiger partial charge in [0.1, 0.15) is 12.4 Å². The van der Waals surface area contributed by atoms with E-state index in [4.69, 9.17) is 33.3 Å². The van der Waals surface area contributed by atoms with Crippen LogP contribution in [0.5, 0.6) is 11.5 Å². The molecule has 0 atom stereocenters. The molecule has 0 radical (unpaired) electrons. The number of methoxy groups -OCH3 is 1. The predicted octanol–water partition coefficient (Wildman–Crippen LogP) is 7.72. The fourth-order valence-electron chi connectivity index (χ4n) is 4.03. The molecule has 0 spiro atoms. The van der Waals surface area contributed by atoms with Gasteiger partial charge in [0, 0.05) is 21.8 Å². The largest absolute Gasteiger partial charge is 0.493 e. The highest BCUT2D eigenvalue weighted by Crippen LogP contribution is 2.37. The second-order valence-electron chi connectivity index (χ2n) is 8.82. The Bertz CT molecular complexity index is 1680. The van der Waals surface area contributed by atoms with E-state index in [0.717, 1.165) is 22.9 Å². The van der Waals surface area contributed by atoms with E-state index in [1.54, 1.807) is 55.7 Å². The number of nitrogens with one attached hydrogen (secondary N) is 1. The average Bonchev–Trinajstić information content (AvgIpc) is 3.26. The number of thiocarbonyl (C=S) groups is 1. The van der Waals surface area contributed by atoms with Gasteiger partial charge in [-0.3, -0.25) is 14.5 Å². The van der Waals surface area contributed by atoms with E-state index in [2.05, 4.69) is 5.32 Å². The molecule has 206 valence electrons. The molecule has 0 unspecified atom stereocenters. The van der Waals surface area contributed by atoms with E-state index in [1.165, 1.54) is 29.2 Å². The first-order valence-electron chi connectivity index (χ1n) is 12.3. The summed E-state index contributed by atoms with van der Waals surface area (Å²) in [5.74, 6) is -0.0740. The molecule has 1 heterocycles. The Balaban J connectivity index is 1.31. The Hall–Kier alpha value is -4.18. The second kappa shape index (κ2) is 12.6. The highest BCUT2D eigenvalue weighted by Gasteiger charge is 2.33. The van der Waals surface area contributed by atoms with Crippen molar-refractivity contribution in [2.24, 2.45) is 0 Å². The van der Waals surface area contributed by atoms with E-state index in [9.17, 15) is 14.0 Å². The molecule has 1 N–H and O–H groups in total. The van der Waals surface area contributed by atoms with Crippen LogP contribution in [0.4, 0.5) is 15.8 Å². The van der Waals surface area contributed by atoms with Crippen molar-refractivity contribution in [1.29, 1.82) is 0 Å². The number of hydrogen-bond donors (Lipinski definition) is 1. The number of carbonyl (C=O) groups is 2. The number of halogens is 2. The number of nitrogens with zero attached hydrogens (tertiary/aromatic N) is 1. The van der Waals surface area contributed by atoms with E-state index in [-0.39, 0.29) is 12.5 Å². The first-order chi connectivity index (χ1) is 19.8. The lowest BCUT2D eigenvalue weighted by Crippen LogP contribution is -2.27. The minimum absolute atomic E-state index is 0.273. The van der Waals surface area contributed by atoms with Crippen molar-refractivity contribution >= 4 is 69.2 Å². The predicted molar refractivity (Wildman–Crippen MR) is 165 cm³/mol. The van der Waals surface area contributed by atoms with Crippen molar-refractivity contribution in [2.75, 3.05) is 17.3 Å². The van der Waals surface area contributed by atoms with Crippen molar-refractivity contribution in [3.8, 4) is 11.5 Å². The number of carbonyl (C=O) groups excluding carboxylic acids is 2. The van der Waals surface area contributed by atoms with Crippen molar-refractivity contribution in [1.82, 2.24) is 0 Å². The first-order valence-corrected chi connectivity index (χ1v) is 13.9. The number of ether oxygens (including phenoxy) is 2. The molecule has 5 rings (SSSR count). The van der Waals surface area contributed by atoms with Gasteiger partial charge in [0.2, 0.25) is 0 Å². The van der Waals surface area contributed by atoms with Gasteiger partial charge in [0.05, 0.1) is 17.7 Å². The van der Waals surface area contributed by atoms with Crippen molar-refractivity contribution in [3.05, 3.63) is 123 Å². The number of rotatable bonds is 8. The van der Waals surface area contributed by atoms with Crippen LogP contribution in [-0.2, 0) is 11.4 Å². The number of anilines is 2. The van der Waals surface area contributed by atoms with Gasteiger partial charge in [-0.05, 0) is 72.3 Å². The highest BCUT2D eigenvalue weighted by molar-refractivity contribution is 8.27. The summed E-state index contributed by atoms with van der Waals surface area (Å²) >= 11 is 12.9. The smallest absolute Gasteiger partial charge is 0.270 e. The maximum Gasteiger partial charge on any atom is 0.270 e. The summed E-state index contributed by atoms with van der Waals surface area (Å²) in [6, 6.07) is 24.8. The highest BCUT2D eigenvalue weighted by atomic mass is 35.5. The Morgan fingerprint density at radius 3 is 2.56 bits per heavy atom. The van der Waals surface area contributed by atoms with E-state index < -0.39 is 11.7 Å². The fourth-order valence-corrected chi connectivity index (χ4v) is 5.52. The minimum atomic E-state index is -0.400. The topological polar surface area (TPSA) is 67.9 Å². The van der Waals surface area contributed by atoms with Crippen LogP contribution in [0.15, 0.2) is 95.9 Å². The van der Waals surface area contributed by atoms with Gasteiger partial charge in [-0.1, -0.05) is 65.9 Å². The maximum atomic E-state index is 13.4. The lowest BCUT2D eigenvalue weighted by Gasteiger charge is -2.15. The average molecular weight is 605 g/mol. The van der Waals surface area contributed by atoms with Crippen LogP contribution in [-0.4, -0.2) is 23.2 Å². The molecule has 0 saturated carbocycles. The molecule has 0 aliphatic carbocycles. The van der Waals surface area contributed by atoms with Crippen LogP contribution < -0.4 is 19.7 Å². The third-order valence-corrected chi connectivity index (χ3v) is 7.76. The molecule has 0 aromatic heterocycles. The molecule has 41 heavy (non-hydrogen) atoms. The number of benzene rings is 4. The van der Waals surface area contributed by atoms with E-state index >= 15 is 0 Å². The summed E-state index contributed by atoms with van der Waals surface area (Å²) in [5.41, 5.74) is 2.80. The molecule has 10 heteroatoms. The SMILES string of the molecule is COc1cc(/C=C2/SC(=S)N(c3cccc(C(=O)Nc4ccc(F)cc4)c3)C2=O)ccc1OCc1ccccc1Cl. The summed E-state index contributed by atoms with van der Waals surface area (Å²) in [6.45, 7) is 0.273. The number of hydrogen-bond acceptors (Lipinski definition) is 6. The van der Waals surface area contributed by atoms with Crippen LogP contribution in [0.1, 0.15) is 21.5 Å². The summed E-state index contributed by atoms with van der Waals surface area (Å²) in [5, 5.41) is 3.33. The van der Waals surface area contributed by atoms with Gasteiger partial charge in [-0.15, -0.1) is 0 Å². The third-order valence-electron chi connectivity index (χ3n) is 6.09. The van der Waals surface area contributed by atoms with Gasteiger partial charge < -0.3 is 14.8 Å². The lowest BCUT2D eigenvalue weighted by molar-refractivity contribution is -0.113. The van der Waals surface area contributed by atoms with Crippen LogP contribution >= 0.6 is 35.6 Å². The van der Waals surface area contributed by atoms with Gasteiger partial charge in [-0.2, -0.15) is 0 Å². The summed E-state index contributed by atoms with van der Waals surface area (Å²) in [7, 11) is 1.54. The van der Waals surface area contributed by atoms with Crippen LogP contribution in [0.2, 0.25) is 5.02 Å². The minimum Gasteiger partial charge on any atom is -0.493 e. The Labute approximate surface area is 250 Å². The lowest BCUT2D eigenvalue weighted by atomic mass is 10.1. The molecule has 2 amide bonds. The Morgan fingerprint density at radius 1 is 1.02 bits per heavy atom. The molecule has 1 saturated heterocycles. The van der Waals surface area contributed by atoms with Crippen molar-refractivity contribution in [2.45, 2.75) is 6.61 Å². The summed E-state index contributed by atoms with van der Waals surface area (Å²) in [6.07, 6.45) is 1.73. The molecule has 1 fully saturated rings. The third kappa shape index (κ3) is 6.59. The zero-order valence-electron chi connectivity index (χ0n) is 21.6. The summed E-state index contributed by atoms with van der Waals surface area (Å²) < 4.78 is 25.0. The molecular weight excluding hydrogens is 583 g/mol.